The molecule has 2 rings (SSSR count). The number of hydrogen-bond donors (Lipinski definition) is 2. The Labute approximate surface area is 131 Å². The molecule has 0 aliphatic heterocycles. The summed E-state index contributed by atoms with van der Waals surface area (Å²) < 4.78 is 1.95. The maximum absolute atomic E-state index is 11.5. The van der Waals surface area contributed by atoms with E-state index in [1.54, 1.807) is 0 Å². The number of carbonyl (C=O) groups is 1. The molecular formula is C15H25ClN4O. The monoisotopic (exact) mass is 312 g/mol. The molecule has 1 aromatic rings. The molecule has 1 saturated carbocycles. The van der Waals surface area contributed by atoms with Crippen molar-refractivity contribution in [1.29, 1.82) is 0 Å². The van der Waals surface area contributed by atoms with Gasteiger partial charge < -0.3 is 10.6 Å². The molecule has 1 heterocycles. The van der Waals surface area contributed by atoms with Crippen LogP contribution in [0.3, 0.4) is 0 Å². The van der Waals surface area contributed by atoms with Gasteiger partial charge in [0.1, 0.15) is 0 Å². The molecule has 0 atom stereocenters. The number of rotatable bonds is 9. The van der Waals surface area contributed by atoms with Crippen LogP contribution < -0.4 is 10.6 Å². The van der Waals surface area contributed by atoms with Crippen LogP contribution >= 0.6 is 11.6 Å². The van der Waals surface area contributed by atoms with Crippen LogP contribution in [0.5, 0.6) is 0 Å². The van der Waals surface area contributed by atoms with E-state index in [9.17, 15) is 4.79 Å². The van der Waals surface area contributed by atoms with E-state index in [0.29, 0.717) is 19.0 Å². The van der Waals surface area contributed by atoms with Crippen molar-refractivity contribution in [3.63, 3.8) is 0 Å². The first-order valence-electron chi connectivity index (χ1n) is 7.89. The summed E-state index contributed by atoms with van der Waals surface area (Å²) in [7, 11) is 0. The summed E-state index contributed by atoms with van der Waals surface area (Å²) in [6, 6.07) is 0.454. The fourth-order valence-electron chi connectivity index (χ4n) is 2.29. The molecule has 6 heteroatoms. The van der Waals surface area contributed by atoms with Crippen LogP contribution in [0, 0.1) is 0 Å². The van der Waals surface area contributed by atoms with Gasteiger partial charge in [-0.1, -0.05) is 18.5 Å². The number of hydrogen-bond acceptors (Lipinski definition) is 3. The van der Waals surface area contributed by atoms with Gasteiger partial charge in [0.05, 0.1) is 16.4 Å². The average molecular weight is 313 g/mol. The second-order valence-corrected chi connectivity index (χ2v) is 5.88. The highest BCUT2D eigenvalue weighted by molar-refractivity contribution is 6.31. The SMILES string of the molecule is CCc1nn(CC)c(CNCCCC(=O)NC2CC2)c1Cl. The zero-order chi connectivity index (χ0) is 15.2. The molecule has 0 bridgehead atoms. The lowest BCUT2D eigenvalue weighted by molar-refractivity contribution is -0.121. The molecular weight excluding hydrogens is 288 g/mol. The first-order chi connectivity index (χ1) is 10.2. The Bertz CT molecular complexity index is 482. The van der Waals surface area contributed by atoms with Crippen molar-refractivity contribution in [1.82, 2.24) is 20.4 Å². The van der Waals surface area contributed by atoms with Crippen LogP contribution in [0.1, 0.15) is 50.9 Å². The second kappa shape index (κ2) is 7.80. The van der Waals surface area contributed by atoms with Crippen LogP contribution in [0.15, 0.2) is 0 Å². The topological polar surface area (TPSA) is 59.0 Å². The summed E-state index contributed by atoms with van der Waals surface area (Å²) in [6.07, 6.45) is 4.56. The molecule has 0 spiro atoms. The predicted molar refractivity (Wildman–Crippen MR) is 84.4 cm³/mol. The summed E-state index contributed by atoms with van der Waals surface area (Å²) in [6.45, 7) is 6.45. The highest BCUT2D eigenvalue weighted by atomic mass is 35.5. The van der Waals surface area contributed by atoms with Crippen molar-refractivity contribution in [2.24, 2.45) is 0 Å². The lowest BCUT2D eigenvalue weighted by Gasteiger charge is -2.07. The largest absolute Gasteiger partial charge is 0.353 e. The fourth-order valence-corrected chi connectivity index (χ4v) is 2.63. The Morgan fingerprint density at radius 2 is 2.19 bits per heavy atom. The molecule has 1 aliphatic rings. The van der Waals surface area contributed by atoms with Crippen molar-refractivity contribution in [2.75, 3.05) is 6.54 Å². The minimum Gasteiger partial charge on any atom is -0.353 e. The van der Waals surface area contributed by atoms with Crippen LogP contribution in [0.25, 0.3) is 0 Å². The van der Waals surface area contributed by atoms with Gasteiger partial charge in [0.15, 0.2) is 0 Å². The molecule has 0 unspecified atom stereocenters. The summed E-state index contributed by atoms with van der Waals surface area (Å²) in [4.78, 5) is 11.5. The maximum atomic E-state index is 11.5. The zero-order valence-corrected chi connectivity index (χ0v) is 13.7. The van der Waals surface area contributed by atoms with E-state index < -0.39 is 0 Å². The minimum absolute atomic E-state index is 0.171. The third kappa shape index (κ3) is 4.71. The molecule has 1 fully saturated rings. The van der Waals surface area contributed by atoms with Gasteiger partial charge in [-0.15, -0.1) is 0 Å². The van der Waals surface area contributed by atoms with Crippen LogP contribution in [-0.4, -0.2) is 28.3 Å². The van der Waals surface area contributed by atoms with Gasteiger partial charge in [-0.3, -0.25) is 9.48 Å². The van der Waals surface area contributed by atoms with E-state index in [2.05, 4.69) is 29.6 Å². The molecule has 1 aliphatic carbocycles. The zero-order valence-electron chi connectivity index (χ0n) is 12.9. The molecule has 21 heavy (non-hydrogen) atoms. The van der Waals surface area contributed by atoms with Crippen LogP contribution in [-0.2, 0) is 24.3 Å². The first-order valence-corrected chi connectivity index (χ1v) is 8.27. The minimum atomic E-state index is 0.171. The number of carbonyl (C=O) groups excluding carboxylic acids is 1. The van der Waals surface area contributed by atoms with Crippen molar-refractivity contribution in [2.45, 2.75) is 65.1 Å². The van der Waals surface area contributed by atoms with E-state index in [1.807, 2.05) is 4.68 Å². The average Bonchev–Trinajstić information content (AvgIpc) is 3.22. The van der Waals surface area contributed by atoms with Crippen molar-refractivity contribution in [3.8, 4) is 0 Å². The normalized spacial score (nSPS) is 14.4. The summed E-state index contributed by atoms with van der Waals surface area (Å²) in [5.74, 6) is 0.171. The number of nitrogens with one attached hydrogen (secondary N) is 2. The third-order valence-corrected chi connectivity index (χ3v) is 4.12. The van der Waals surface area contributed by atoms with Gasteiger partial charge in [-0.25, -0.2) is 0 Å². The smallest absolute Gasteiger partial charge is 0.220 e. The second-order valence-electron chi connectivity index (χ2n) is 5.50. The van der Waals surface area contributed by atoms with Gasteiger partial charge in [0.2, 0.25) is 5.91 Å². The molecule has 0 saturated heterocycles. The summed E-state index contributed by atoms with van der Waals surface area (Å²) >= 11 is 6.35. The number of halogens is 1. The number of amides is 1. The highest BCUT2D eigenvalue weighted by Crippen LogP contribution is 2.21. The van der Waals surface area contributed by atoms with E-state index in [4.69, 9.17) is 11.6 Å². The number of aryl methyl sites for hydroxylation is 2. The molecule has 5 nitrogen and oxygen atoms in total. The Morgan fingerprint density at radius 3 is 2.81 bits per heavy atom. The van der Waals surface area contributed by atoms with Crippen molar-refractivity contribution in [3.05, 3.63) is 16.4 Å². The van der Waals surface area contributed by atoms with Gasteiger partial charge in [-0.2, -0.15) is 5.10 Å². The molecule has 1 amide bonds. The highest BCUT2D eigenvalue weighted by Gasteiger charge is 2.22. The number of aromatic nitrogens is 2. The summed E-state index contributed by atoms with van der Waals surface area (Å²) in [5, 5.41) is 11.6. The standard InChI is InChI=1S/C15H25ClN4O/c1-3-12-15(16)13(20(4-2)19-12)10-17-9-5-6-14(21)18-11-7-8-11/h11,17H,3-10H2,1-2H3,(H,18,21). The van der Waals surface area contributed by atoms with Gasteiger partial charge in [0.25, 0.3) is 0 Å². The molecule has 0 radical (unpaired) electrons. The van der Waals surface area contributed by atoms with E-state index in [1.165, 1.54) is 0 Å². The van der Waals surface area contributed by atoms with Crippen LogP contribution in [0.4, 0.5) is 0 Å². The van der Waals surface area contributed by atoms with Gasteiger partial charge in [-0.05, 0) is 39.2 Å². The lowest BCUT2D eigenvalue weighted by atomic mass is 10.2. The van der Waals surface area contributed by atoms with Crippen molar-refractivity contribution < 1.29 is 4.79 Å². The Hall–Kier alpha value is -1.07. The molecule has 0 aromatic carbocycles. The Balaban J connectivity index is 1.70. The van der Waals surface area contributed by atoms with Crippen LogP contribution in [0.2, 0.25) is 5.02 Å². The lowest BCUT2D eigenvalue weighted by Crippen LogP contribution is -2.26. The number of nitrogens with zero attached hydrogens (tertiary/aromatic N) is 2. The quantitative estimate of drug-likeness (QED) is 0.688. The predicted octanol–water partition coefficient (Wildman–Crippen LogP) is 2.27. The Kier molecular flexibility index (Phi) is 6.06. The Morgan fingerprint density at radius 1 is 1.43 bits per heavy atom. The first kappa shape index (κ1) is 16.3. The van der Waals surface area contributed by atoms with Crippen molar-refractivity contribution >= 4 is 17.5 Å². The van der Waals surface area contributed by atoms with E-state index in [0.717, 1.165) is 55.2 Å². The fraction of sp³-hybridized carbons (Fsp3) is 0.733. The van der Waals surface area contributed by atoms with Gasteiger partial charge in [0, 0.05) is 25.6 Å². The van der Waals surface area contributed by atoms with E-state index in [-0.39, 0.29) is 5.91 Å². The third-order valence-electron chi connectivity index (χ3n) is 3.69. The van der Waals surface area contributed by atoms with E-state index >= 15 is 0 Å². The molecule has 1 aromatic heterocycles. The molecule has 118 valence electrons. The molecule has 2 N–H and O–H groups in total. The summed E-state index contributed by atoms with van der Waals surface area (Å²) in [5.41, 5.74) is 2.00. The van der Waals surface area contributed by atoms with Gasteiger partial charge >= 0.3 is 0 Å². The maximum Gasteiger partial charge on any atom is 0.220 e.